The third kappa shape index (κ3) is 5.41. The van der Waals surface area contributed by atoms with Crippen molar-refractivity contribution >= 4 is 11.6 Å². The minimum absolute atomic E-state index is 0.512. The molecule has 0 aliphatic carbocycles. The molecule has 0 aromatic heterocycles. The van der Waals surface area contributed by atoms with Crippen LogP contribution in [0.3, 0.4) is 0 Å². The normalized spacial score (nSPS) is 10.4. The zero-order valence-electron chi connectivity index (χ0n) is 14.9. The molecule has 2 rings (SSSR count). The van der Waals surface area contributed by atoms with E-state index >= 15 is 0 Å². The van der Waals surface area contributed by atoms with E-state index < -0.39 is 0 Å². The molecular weight excluding hydrogens is 338 g/mol. The lowest BCUT2D eigenvalue weighted by Crippen LogP contribution is -2.14. The first kappa shape index (κ1) is 19.2. The molecule has 134 valence electrons. The van der Waals surface area contributed by atoms with Crippen LogP contribution in [-0.4, -0.2) is 20.8 Å². The molecule has 0 atom stereocenters. The van der Waals surface area contributed by atoms with Crippen molar-refractivity contribution in [2.45, 2.75) is 20.0 Å². The fourth-order valence-corrected chi connectivity index (χ4v) is 2.58. The number of hydrogen-bond acceptors (Lipinski definition) is 4. The second kappa shape index (κ2) is 9.35. The van der Waals surface area contributed by atoms with Crippen LogP contribution in [0.5, 0.6) is 17.2 Å². The first-order chi connectivity index (χ1) is 12.0. The molecule has 0 aliphatic heterocycles. The molecule has 25 heavy (non-hydrogen) atoms. The van der Waals surface area contributed by atoms with E-state index in [9.17, 15) is 0 Å². The number of nitrogens with one attached hydrogen (secondary N) is 1. The van der Waals surface area contributed by atoms with Crippen LogP contribution in [0.4, 0.5) is 0 Å². The standard InChI is InChI=1S/C20H24ClNO3/c1-14(2)13-25-18-8-6-5-7-15(18)11-22-12-16-9-19(23-3)20(24-4)10-17(16)21/h5-10,22H,1,11-13H2,2-4H3. The Morgan fingerprint density at radius 3 is 2.32 bits per heavy atom. The molecule has 0 amide bonds. The van der Waals surface area contributed by atoms with E-state index in [0.717, 1.165) is 22.4 Å². The summed E-state index contributed by atoms with van der Waals surface area (Å²) in [7, 11) is 3.20. The van der Waals surface area contributed by atoms with Gasteiger partial charge in [-0.25, -0.2) is 0 Å². The molecule has 0 heterocycles. The maximum absolute atomic E-state index is 6.32. The van der Waals surface area contributed by atoms with Crippen LogP contribution in [-0.2, 0) is 13.1 Å². The highest BCUT2D eigenvalue weighted by molar-refractivity contribution is 6.31. The average molecular weight is 362 g/mol. The maximum Gasteiger partial charge on any atom is 0.162 e. The summed E-state index contributed by atoms with van der Waals surface area (Å²) in [4.78, 5) is 0. The molecule has 0 aliphatic rings. The van der Waals surface area contributed by atoms with Gasteiger partial charge in [0.15, 0.2) is 11.5 Å². The summed E-state index contributed by atoms with van der Waals surface area (Å²) in [6.07, 6.45) is 0. The van der Waals surface area contributed by atoms with Crippen molar-refractivity contribution in [3.63, 3.8) is 0 Å². The largest absolute Gasteiger partial charge is 0.493 e. The minimum atomic E-state index is 0.512. The first-order valence-corrected chi connectivity index (χ1v) is 8.39. The fourth-order valence-electron chi connectivity index (χ4n) is 2.36. The van der Waals surface area contributed by atoms with Crippen molar-refractivity contribution in [2.24, 2.45) is 0 Å². The molecule has 0 saturated carbocycles. The topological polar surface area (TPSA) is 39.7 Å². The highest BCUT2D eigenvalue weighted by Crippen LogP contribution is 2.33. The second-order valence-corrected chi connectivity index (χ2v) is 6.16. The van der Waals surface area contributed by atoms with Gasteiger partial charge in [0, 0.05) is 29.7 Å². The lowest BCUT2D eigenvalue weighted by atomic mass is 10.1. The number of hydrogen-bond donors (Lipinski definition) is 1. The lowest BCUT2D eigenvalue weighted by Gasteiger charge is -2.14. The maximum atomic E-state index is 6.32. The Morgan fingerprint density at radius 2 is 1.64 bits per heavy atom. The zero-order chi connectivity index (χ0) is 18.2. The number of rotatable bonds is 9. The van der Waals surface area contributed by atoms with Crippen LogP contribution in [0.1, 0.15) is 18.1 Å². The molecule has 0 unspecified atom stereocenters. The summed E-state index contributed by atoms with van der Waals surface area (Å²) >= 11 is 6.32. The summed E-state index contributed by atoms with van der Waals surface area (Å²) < 4.78 is 16.4. The fraction of sp³-hybridized carbons (Fsp3) is 0.300. The Labute approximate surface area is 154 Å². The van der Waals surface area contributed by atoms with Gasteiger partial charge in [-0.05, 0) is 30.2 Å². The molecule has 2 aromatic carbocycles. The van der Waals surface area contributed by atoms with Crippen LogP contribution >= 0.6 is 11.6 Å². The van der Waals surface area contributed by atoms with E-state index in [-0.39, 0.29) is 0 Å². The quantitative estimate of drug-likeness (QED) is 0.662. The summed E-state index contributed by atoms with van der Waals surface area (Å²) in [6.45, 7) is 7.59. The predicted molar refractivity (Wildman–Crippen MR) is 102 cm³/mol. The summed E-state index contributed by atoms with van der Waals surface area (Å²) in [5.41, 5.74) is 3.01. The summed E-state index contributed by atoms with van der Waals surface area (Å²) in [6, 6.07) is 11.6. The third-order valence-electron chi connectivity index (χ3n) is 3.63. The second-order valence-electron chi connectivity index (χ2n) is 5.76. The molecule has 2 aromatic rings. The highest BCUT2D eigenvalue weighted by atomic mass is 35.5. The molecule has 1 N–H and O–H groups in total. The Hall–Kier alpha value is -2.17. The molecule has 0 fully saturated rings. The van der Waals surface area contributed by atoms with Gasteiger partial charge in [-0.2, -0.15) is 0 Å². The molecular formula is C20H24ClNO3. The minimum Gasteiger partial charge on any atom is -0.493 e. The Kier molecular flexibility index (Phi) is 7.16. The molecule has 5 heteroatoms. The average Bonchev–Trinajstić information content (AvgIpc) is 2.61. The molecule has 0 bridgehead atoms. The first-order valence-electron chi connectivity index (χ1n) is 8.01. The summed E-state index contributed by atoms with van der Waals surface area (Å²) in [5, 5.41) is 4.03. The Morgan fingerprint density at radius 1 is 1.00 bits per heavy atom. The van der Waals surface area contributed by atoms with Gasteiger partial charge in [0.2, 0.25) is 0 Å². The summed E-state index contributed by atoms with van der Waals surface area (Å²) in [5.74, 6) is 2.14. The molecule has 4 nitrogen and oxygen atoms in total. The van der Waals surface area contributed by atoms with Crippen molar-refractivity contribution in [1.29, 1.82) is 0 Å². The predicted octanol–water partition coefficient (Wildman–Crippen LogP) is 4.60. The number of ether oxygens (including phenoxy) is 3. The van der Waals surface area contributed by atoms with E-state index in [1.807, 2.05) is 37.3 Å². The molecule has 0 saturated heterocycles. The van der Waals surface area contributed by atoms with Gasteiger partial charge in [-0.15, -0.1) is 0 Å². The highest BCUT2D eigenvalue weighted by Gasteiger charge is 2.10. The van der Waals surface area contributed by atoms with E-state index in [1.54, 1.807) is 20.3 Å². The number of benzene rings is 2. The number of methoxy groups -OCH3 is 2. The van der Waals surface area contributed by atoms with E-state index in [0.29, 0.717) is 36.2 Å². The van der Waals surface area contributed by atoms with E-state index in [2.05, 4.69) is 11.9 Å². The van der Waals surface area contributed by atoms with Crippen molar-refractivity contribution < 1.29 is 14.2 Å². The van der Waals surface area contributed by atoms with Gasteiger partial charge in [0.1, 0.15) is 12.4 Å². The van der Waals surface area contributed by atoms with Crippen molar-refractivity contribution in [2.75, 3.05) is 20.8 Å². The van der Waals surface area contributed by atoms with Gasteiger partial charge in [-0.3, -0.25) is 0 Å². The number of halogens is 1. The third-order valence-corrected chi connectivity index (χ3v) is 3.98. The van der Waals surface area contributed by atoms with Crippen LogP contribution in [0.2, 0.25) is 5.02 Å². The van der Waals surface area contributed by atoms with Crippen LogP contribution in [0.25, 0.3) is 0 Å². The van der Waals surface area contributed by atoms with Crippen molar-refractivity contribution in [3.05, 3.63) is 64.7 Å². The molecule has 0 radical (unpaired) electrons. The zero-order valence-corrected chi connectivity index (χ0v) is 15.7. The Bertz CT molecular complexity index is 731. The van der Waals surface area contributed by atoms with Gasteiger partial charge in [0.25, 0.3) is 0 Å². The van der Waals surface area contributed by atoms with Gasteiger partial charge < -0.3 is 19.5 Å². The molecule has 0 spiro atoms. The van der Waals surface area contributed by atoms with Gasteiger partial charge >= 0.3 is 0 Å². The van der Waals surface area contributed by atoms with Crippen LogP contribution in [0, 0.1) is 0 Å². The van der Waals surface area contributed by atoms with Crippen LogP contribution < -0.4 is 19.5 Å². The monoisotopic (exact) mass is 361 g/mol. The van der Waals surface area contributed by atoms with Crippen LogP contribution in [0.15, 0.2) is 48.6 Å². The smallest absolute Gasteiger partial charge is 0.162 e. The Balaban J connectivity index is 2.03. The van der Waals surface area contributed by atoms with Gasteiger partial charge in [0.05, 0.1) is 14.2 Å². The van der Waals surface area contributed by atoms with Crippen molar-refractivity contribution in [3.8, 4) is 17.2 Å². The number of para-hydroxylation sites is 1. The lowest BCUT2D eigenvalue weighted by molar-refractivity contribution is 0.347. The van der Waals surface area contributed by atoms with E-state index in [4.69, 9.17) is 25.8 Å². The van der Waals surface area contributed by atoms with Crippen molar-refractivity contribution in [1.82, 2.24) is 5.32 Å². The van der Waals surface area contributed by atoms with E-state index in [1.165, 1.54) is 0 Å². The SMILES string of the molecule is C=C(C)COc1ccccc1CNCc1cc(OC)c(OC)cc1Cl. The van der Waals surface area contributed by atoms with Gasteiger partial charge in [-0.1, -0.05) is 36.4 Å².